The molecule has 0 aromatic heterocycles. The minimum absolute atomic E-state index is 0.130. The number of hydrogen-bond acceptors (Lipinski definition) is 1. The lowest BCUT2D eigenvalue weighted by molar-refractivity contribution is -0.114. The van der Waals surface area contributed by atoms with Gasteiger partial charge in [0, 0.05) is 5.92 Å². The van der Waals surface area contributed by atoms with Crippen molar-refractivity contribution in [2.45, 2.75) is 47.5 Å². The van der Waals surface area contributed by atoms with Gasteiger partial charge in [-0.15, -0.1) is 0 Å². The van der Waals surface area contributed by atoms with Crippen LogP contribution in [0.4, 0.5) is 0 Å². The third-order valence-electron chi connectivity index (χ3n) is 2.63. The molecule has 0 aliphatic rings. The summed E-state index contributed by atoms with van der Waals surface area (Å²) >= 11 is 0. The molecule has 0 aliphatic heterocycles. The van der Waals surface area contributed by atoms with Crippen LogP contribution in [-0.4, -0.2) is 6.29 Å². The number of carbonyl (C=O) groups is 1. The Balaban J connectivity index is 4.09. The van der Waals surface area contributed by atoms with Crippen LogP contribution in [0.2, 0.25) is 0 Å². The smallest absolute Gasteiger partial charge is 0.123 e. The van der Waals surface area contributed by atoms with Gasteiger partial charge in [-0.3, -0.25) is 0 Å². The summed E-state index contributed by atoms with van der Waals surface area (Å²) in [5, 5.41) is 0. The molecule has 0 aromatic rings. The molecule has 0 aliphatic carbocycles. The molecule has 0 amide bonds. The summed E-state index contributed by atoms with van der Waals surface area (Å²) in [5.41, 5.74) is 0.130. The molecule has 0 heterocycles. The van der Waals surface area contributed by atoms with Crippen LogP contribution < -0.4 is 0 Å². The topological polar surface area (TPSA) is 17.1 Å². The van der Waals surface area contributed by atoms with E-state index in [1.165, 1.54) is 6.42 Å². The number of aldehydes is 1. The molecule has 0 fully saturated rings. The van der Waals surface area contributed by atoms with Crippen molar-refractivity contribution in [1.82, 2.24) is 0 Å². The van der Waals surface area contributed by atoms with Gasteiger partial charge in [0.25, 0.3) is 0 Å². The summed E-state index contributed by atoms with van der Waals surface area (Å²) in [7, 11) is 0. The number of hydrogen-bond donors (Lipinski definition) is 0. The molecule has 2 atom stereocenters. The van der Waals surface area contributed by atoms with Crippen LogP contribution >= 0.6 is 0 Å². The monoisotopic (exact) mass is 170 g/mol. The normalized spacial score (nSPS) is 17.1. The molecule has 0 N–H and O–H groups in total. The van der Waals surface area contributed by atoms with Gasteiger partial charge in [0.15, 0.2) is 0 Å². The van der Waals surface area contributed by atoms with Gasteiger partial charge in [-0.2, -0.15) is 0 Å². The quantitative estimate of drug-likeness (QED) is 0.592. The maximum absolute atomic E-state index is 10.8. The Morgan fingerprint density at radius 2 is 1.83 bits per heavy atom. The summed E-state index contributed by atoms with van der Waals surface area (Å²) in [6.45, 7) is 10.8. The van der Waals surface area contributed by atoms with Crippen LogP contribution in [0.1, 0.15) is 47.5 Å². The van der Waals surface area contributed by atoms with Crippen LogP contribution in [0, 0.1) is 17.3 Å². The maximum Gasteiger partial charge on any atom is 0.123 e. The lowest BCUT2D eigenvalue weighted by Gasteiger charge is -2.27. The van der Waals surface area contributed by atoms with Gasteiger partial charge in [-0.05, 0) is 17.8 Å². The second-order valence-electron chi connectivity index (χ2n) is 4.86. The van der Waals surface area contributed by atoms with Crippen LogP contribution in [-0.2, 0) is 4.79 Å². The maximum atomic E-state index is 10.8. The fourth-order valence-corrected chi connectivity index (χ4v) is 1.21. The fourth-order valence-electron chi connectivity index (χ4n) is 1.21. The van der Waals surface area contributed by atoms with Gasteiger partial charge in [0.1, 0.15) is 6.29 Å². The van der Waals surface area contributed by atoms with Crippen molar-refractivity contribution in [2.75, 3.05) is 0 Å². The molecule has 0 aromatic carbocycles. The Bertz CT molecular complexity index is 132. The molecule has 0 saturated carbocycles. The van der Waals surface area contributed by atoms with Crippen molar-refractivity contribution in [3.63, 3.8) is 0 Å². The zero-order valence-electron chi connectivity index (χ0n) is 9.05. The zero-order valence-corrected chi connectivity index (χ0v) is 9.05. The Morgan fingerprint density at radius 3 is 2.08 bits per heavy atom. The predicted octanol–water partition coefficient (Wildman–Crippen LogP) is 3.28. The minimum Gasteiger partial charge on any atom is -0.303 e. The minimum atomic E-state index is 0.130. The fraction of sp³-hybridized carbons (Fsp3) is 0.909. The summed E-state index contributed by atoms with van der Waals surface area (Å²) in [6, 6.07) is 0. The summed E-state index contributed by atoms with van der Waals surface area (Å²) in [4.78, 5) is 10.8. The van der Waals surface area contributed by atoms with Crippen LogP contribution in [0.3, 0.4) is 0 Å². The van der Waals surface area contributed by atoms with E-state index >= 15 is 0 Å². The molecule has 72 valence electrons. The van der Waals surface area contributed by atoms with Crippen LogP contribution in [0.5, 0.6) is 0 Å². The highest BCUT2D eigenvalue weighted by molar-refractivity contribution is 5.54. The van der Waals surface area contributed by atoms with Crippen molar-refractivity contribution in [3.05, 3.63) is 0 Å². The summed E-state index contributed by atoms with van der Waals surface area (Å²) in [6.07, 6.45) is 3.32. The molecule has 0 radical (unpaired) electrons. The second kappa shape index (κ2) is 4.64. The Hall–Kier alpha value is -0.330. The SMILES string of the molecule is CCC(C)CC(C=O)C(C)(C)C. The Labute approximate surface area is 76.6 Å². The van der Waals surface area contributed by atoms with E-state index in [0.29, 0.717) is 5.92 Å². The second-order valence-corrected chi connectivity index (χ2v) is 4.86. The average molecular weight is 170 g/mol. The van der Waals surface area contributed by atoms with Gasteiger partial charge in [-0.1, -0.05) is 41.0 Å². The molecule has 1 nitrogen and oxygen atoms in total. The molecule has 1 heteroatoms. The highest BCUT2D eigenvalue weighted by Crippen LogP contribution is 2.30. The van der Waals surface area contributed by atoms with Crippen LogP contribution in [0.15, 0.2) is 0 Å². The molecule has 0 rings (SSSR count). The lowest BCUT2D eigenvalue weighted by Crippen LogP contribution is -2.23. The molecule has 2 unspecified atom stereocenters. The van der Waals surface area contributed by atoms with E-state index in [0.717, 1.165) is 12.7 Å². The van der Waals surface area contributed by atoms with E-state index in [-0.39, 0.29) is 11.3 Å². The number of rotatable bonds is 4. The third kappa shape index (κ3) is 3.89. The van der Waals surface area contributed by atoms with E-state index in [2.05, 4.69) is 34.6 Å². The van der Waals surface area contributed by atoms with Gasteiger partial charge < -0.3 is 4.79 Å². The van der Waals surface area contributed by atoms with Crippen molar-refractivity contribution in [2.24, 2.45) is 17.3 Å². The molecule has 12 heavy (non-hydrogen) atoms. The summed E-state index contributed by atoms with van der Waals surface area (Å²) < 4.78 is 0. The summed E-state index contributed by atoms with van der Waals surface area (Å²) in [5.74, 6) is 0.881. The third-order valence-corrected chi connectivity index (χ3v) is 2.63. The number of carbonyl (C=O) groups excluding carboxylic acids is 1. The van der Waals surface area contributed by atoms with E-state index in [1.54, 1.807) is 0 Å². The molecule has 0 spiro atoms. The predicted molar refractivity (Wildman–Crippen MR) is 53.1 cm³/mol. The molecule has 0 saturated heterocycles. The molecule has 0 bridgehead atoms. The first-order valence-electron chi connectivity index (χ1n) is 4.87. The lowest BCUT2D eigenvalue weighted by atomic mass is 9.76. The van der Waals surface area contributed by atoms with Gasteiger partial charge in [0.2, 0.25) is 0 Å². The van der Waals surface area contributed by atoms with Crippen LogP contribution in [0.25, 0.3) is 0 Å². The van der Waals surface area contributed by atoms with E-state index in [1.807, 2.05) is 0 Å². The first-order chi connectivity index (χ1) is 5.41. The zero-order chi connectivity index (χ0) is 9.78. The molecular weight excluding hydrogens is 148 g/mol. The van der Waals surface area contributed by atoms with Gasteiger partial charge in [0.05, 0.1) is 0 Å². The first kappa shape index (κ1) is 11.7. The first-order valence-corrected chi connectivity index (χ1v) is 4.87. The van der Waals surface area contributed by atoms with Gasteiger partial charge >= 0.3 is 0 Å². The van der Waals surface area contributed by atoms with Crippen molar-refractivity contribution < 1.29 is 4.79 Å². The van der Waals surface area contributed by atoms with E-state index in [9.17, 15) is 4.79 Å². The van der Waals surface area contributed by atoms with Crippen molar-refractivity contribution in [3.8, 4) is 0 Å². The standard InChI is InChI=1S/C11H22O/c1-6-9(2)7-10(8-12)11(3,4)5/h8-10H,6-7H2,1-5H3. The van der Waals surface area contributed by atoms with E-state index < -0.39 is 0 Å². The van der Waals surface area contributed by atoms with Gasteiger partial charge in [-0.25, -0.2) is 0 Å². The largest absolute Gasteiger partial charge is 0.303 e. The molecular formula is C11H22O. The highest BCUT2D eigenvalue weighted by atomic mass is 16.1. The van der Waals surface area contributed by atoms with Crippen molar-refractivity contribution >= 4 is 6.29 Å². The van der Waals surface area contributed by atoms with E-state index in [4.69, 9.17) is 0 Å². The Kier molecular flexibility index (Phi) is 4.51. The highest BCUT2D eigenvalue weighted by Gasteiger charge is 2.24. The average Bonchev–Trinajstić information content (AvgIpc) is 1.97. The Morgan fingerprint density at radius 1 is 1.33 bits per heavy atom. The van der Waals surface area contributed by atoms with Crippen molar-refractivity contribution in [1.29, 1.82) is 0 Å².